The van der Waals surface area contributed by atoms with E-state index >= 15 is 0 Å². The molecule has 0 spiro atoms. The molecule has 0 aromatic heterocycles. The van der Waals surface area contributed by atoms with E-state index in [-0.39, 0.29) is 11.6 Å². The standard InChI is InChI=1S/C15H13FOS/c1-10-4-3-5-13(8-10)18-15-7-6-12(11(2)17)9-14(15)16/h3-9H,1-2H3. The van der Waals surface area contributed by atoms with Crippen LogP contribution in [0, 0.1) is 12.7 Å². The van der Waals surface area contributed by atoms with E-state index in [1.54, 1.807) is 12.1 Å². The molecule has 92 valence electrons. The van der Waals surface area contributed by atoms with Gasteiger partial charge in [-0.05, 0) is 38.1 Å². The summed E-state index contributed by atoms with van der Waals surface area (Å²) in [5.41, 5.74) is 1.54. The van der Waals surface area contributed by atoms with Crippen LogP contribution in [0.1, 0.15) is 22.8 Å². The molecule has 0 unspecified atom stereocenters. The summed E-state index contributed by atoms with van der Waals surface area (Å²) in [7, 11) is 0. The van der Waals surface area contributed by atoms with Crippen LogP contribution >= 0.6 is 11.8 Å². The maximum absolute atomic E-state index is 13.8. The van der Waals surface area contributed by atoms with Gasteiger partial charge in [-0.25, -0.2) is 4.39 Å². The summed E-state index contributed by atoms with van der Waals surface area (Å²) in [6.07, 6.45) is 0. The summed E-state index contributed by atoms with van der Waals surface area (Å²) >= 11 is 1.36. The molecule has 0 saturated carbocycles. The third-order valence-corrected chi connectivity index (χ3v) is 3.60. The van der Waals surface area contributed by atoms with E-state index < -0.39 is 0 Å². The van der Waals surface area contributed by atoms with Crippen molar-refractivity contribution in [1.82, 2.24) is 0 Å². The zero-order chi connectivity index (χ0) is 13.1. The fourth-order valence-corrected chi connectivity index (χ4v) is 2.55. The molecule has 0 amide bonds. The van der Waals surface area contributed by atoms with Crippen LogP contribution in [0.25, 0.3) is 0 Å². The first-order chi connectivity index (χ1) is 8.56. The molecule has 0 N–H and O–H groups in total. The van der Waals surface area contributed by atoms with Crippen LogP contribution in [0.15, 0.2) is 52.3 Å². The van der Waals surface area contributed by atoms with Gasteiger partial charge in [0.2, 0.25) is 0 Å². The van der Waals surface area contributed by atoms with Crippen molar-refractivity contribution in [2.45, 2.75) is 23.6 Å². The van der Waals surface area contributed by atoms with E-state index in [2.05, 4.69) is 0 Å². The van der Waals surface area contributed by atoms with Crippen molar-refractivity contribution >= 4 is 17.5 Å². The van der Waals surface area contributed by atoms with E-state index in [4.69, 9.17) is 0 Å². The predicted octanol–water partition coefficient (Wildman–Crippen LogP) is 4.49. The molecule has 2 aromatic carbocycles. The number of Topliss-reactive ketones (excluding diaryl/α,β-unsaturated/α-hetero) is 1. The quantitative estimate of drug-likeness (QED) is 0.756. The largest absolute Gasteiger partial charge is 0.295 e. The molecule has 18 heavy (non-hydrogen) atoms. The summed E-state index contributed by atoms with van der Waals surface area (Å²) in [6, 6.07) is 12.5. The average Bonchev–Trinajstić information content (AvgIpc) is 2.31. The normalized spacial score (nSPS) is 10.4. The first kappa shape index (κ1) is 12.8. The smallest absolute Gasteiger partial charge is 0.159 e. The molecule has 0 atom stereocenters. The van der Waals surface area contributed by atoms with Crippen molar-refractivity contribution in [2.24, 2.45) is 0 Å². The van der Waals surface area contributed by atoms with E-state index in [1.165, 1.54) is 24.8 Å². The molecule has 0 radical (unpaired) electrons. The Balaban J connectivity index is 2.27. The van der Waals surface area contributed by atoms with Crippen LogP contribution in [-0.4, -0.2) is 5.78 Å². The monoisotopic (exact) mass is 260 g/mol. The Kier molecular flexibility index (Phi) is 3.82. The lowest BCUT2D eigenvalue weighted by Crippen LogP contribution is -1.93. The fourth-order valence-electron chi connectivity index (χ4n) is 1.61. The van der Waals surface area contributed by atoms with Crippen LogP contribution in [-0.2, 0) is 0 Å². The molecule has 0 aliphatic rings. The van der Waals surface area contributed by atoms with Crippen LogP contribution in [0.4, 0.5) is 4.39 Å². The highest BCUT2D eigenvalue weighted by molar-refractivity contribution is 7.99. The summed E-state index contributed by atoms with van der Waals surface area (Å²) in [5.74, 6) is -0.477. The minimum Gasteiger partial charge on any atom is -0.295 e. The number of carbonyl (C=O) groups excluding carboxylic acids is 1. The van der Waals surface area contributed by atoms with E-state index in [1.807, 2.05) is 31.2 Å². The minimum atomic E-state index is -0.353. The number of rotatable bonds is 3. The van der Waals surface area contributed by atoms with E-state index in [0.717, 1.165) is 10.5 Å². The third kappa shape index (κ3) is 2.99. The first-order valence-electron chi connectivity index (χ1n) is 5.61. The molecule has 0 heterocycles. The predicted molar refractivity (Wildman–Crippen MR) is 71.7 cm³/mol. The summed E-state index contributed by atoms with van der Waals surface area (Å²) in [4.78, 5) is 12.7. The molecule has 0 aliphatic heterocycles. The molecular formula is C15H13FOS. The topological polar surface area (TPSA) is 17.1 Å². The van der Waals surface area contributed by atoms with Crippen molar-refractivity contribution in [1.29, 1.82) is 0 Å². The van der Waals surface area contributed by atoms with Crippen molar-refractivity contribution in [3.8, 4) is 0 Å². The number of ketones is 1. The van der Waals surface area contributed by atoms with Gasteiger partial charge in [0.05, 0.1) is 0 Å². The lowest BCUT2D eigenvalue weighted by atomic mass is 10.1. The van der Waals surface area contributed by atoms with Gasteiger partial charge in [0.15, 0.2) is 5.78 Å². The highest BCUT2D eigenvalue weighted by Gasteiger charge is 2.07. The van der Waals surface area contributed by atoms with Crippen molar-refractivity contribution in [3.05, 3.63) is 59.4 Å². The second-order valence-electron chi connectivity index (χ2n) is 4.12. The average molecular weight is 260 g/mol. The maximum atomic E-state index is 13.8. The molecule has 2 aromatic rings. The van der Waals surface area contributed by atoms with E-state index in [9.17, 15) is 9.18 Å². The summed E-state index contributed by atoms with van der Waals surface area (Å²) in [6.45, 7) is 3.43. The number of halogens is 1. The lowest BCUT2D eigenvalue weighted by molar-refractivity contribution is 0.101. The second kappa shape index (κ2) is 5.36. The van der Waals surface area contributed by atoms with Gasteiger partial charge in [0.25, 0.3) is 0 Å². The molecule has 1 nitrogen and oxygen atoms in total. The number of aryl methyl sites for hydroxylation is 1. The Hall–Kier alpha value is -1.61. The molecule has 3 heteroatoms. The molecule has 0 saturated heterocycles. The Morgan fingerprint density at radius 3 is 2.56 bits per heavy atom. The Morgan fingerprint density at radius 2 is 1.94 bits per heavy atom. The fraction of sp³-hybridized carbons (Fsp3) is 0.133. The van der Waals surface area contributed by atoms with Gasteiger partial charge in [-0.2, -0.15) is 0 Å². The van der Waals surface area contributed by atoms with Gasteiger partial charge in [-0.15, -0.1) is 0 Å². The minimum absolute atomic E-state index is 0.124. The molecular weight excluding hydrogens is 247 g/mol. The highest BCUT2D eigenvalue weighted by atomic mass is 32.2. The van der Waals surface area contributed by atoms with Gasteiger partial charge in [-0.3, -0.25) is 4.79 Å². The molecule has 2 rings (SSSR count). The number of carbonyl (C=O) groups is 1. The van der Waals surface area contributed by atoms with Crippen LogP contribution in [0.2, 0.25) is 0 Å². The Labute approximate surface area is 110 Å². The summed E-state index contributed by atoms with van der Waals surface area (Å²) < 4.78 is 13.8. The molecule has 0 bridgehead atoms. The second-order valence-corrected chi connectivity index (χ2v) is 5.24. The van der Waals surface area contributed by atoms with Gasteiger partial charge in [0.1, 0.15) is 5.82 Å². The first-order valence-corrected chi connectivity index (χ1v) is 6.43. The number of hydrogen-bond donors (Lipinski definition) is 0. The van der Waals surface area contributed by atoms with Crippen LogP contribution < -0.4 is 0 Å². The van der Waals surface area contributed by atoms with Crippen LogP contribution in [0.3, 0.4) is 0 Å². The van der Waals surface area contributed by atoms with Gasteiger partial charge < -0.3 is 0 Å². The Bertz CT molecular complexity index is 593. The van der Waals surface area contributed by atoms with Gasteiger partial charge in [0, 0.05) is 15.4 Å². The SMILES string of the molecule is CC(=O)c1ccc(Sc2cccc(C)c2)c(F)c1. The maximum Gasteiger partial charge on any atom is 0.159 e. The molecule has 0 aliphatic carbocycles. The zero-order valence-electron chi connectivity index (χ0n) is 10.2. The van der Waals surface area contributed by atoms with Crippen molar-refractivity contribution in [3.63, 3.8) is 0 Å². The third-order valence-electron chi connectivity index (χ3n) is 2.56. The van der Waals surface area contributed by atoms with Crippen molar-refractivity contribution < 1.29 is 9.18 Å². The molecule has 0 fully saturated rings. The number of benzene rings is 2. The van der Waals surface area contributed by atoms with Crippen LogP contribution in [0.5, 0.6) is 0 Å². The number of hydrogen-bond acceptors (Lipinski definition) is 2. The zero-order valence-corrected chi connectivity index (χ0v) is 11.1. The van der Waals surface area contributed by atoms with E-state index in [0.29, 0.717) is 10.5 Å². The van der Waals surface area contributed by atoms with Crippen molar-refractivity contribution in [2.75, 3.05) is 0 Å². The van der Waals surface area contributed by atoms with Gasteiger partial charge in [-0.1, -0.05) is 35.5 Å². The van der Waals surface area contributed by atoms with Gasteiger partial charge >= 0.3 is 0 Å². The Morgan fingerprint density at radius 1 is 1.17 bits per heavy atom. The lowest BCUT2D eigenvalue weighted by Gasteiger charge is -2.05. The highest BCUT2D eigenvalue weighted by Crippen LogP contribution is 2.30. The summed E-state index contributed by atoms with van der Waals surface area (Å²) in [5, 5.41) is 0.